The van der Waals surface area contributed by atoms with Crippen molar-refractivity contribution in [3.63, 3.8) is 0 Å². The molecule has 1 fully saturated rings. The van der Waals surface area contributed by atoms with Crippen LogP contribution >= 0.6 is 28.3 Å². The van der Waals surface area contributed by atoms with Gasteiger partial charge in [-0.05, 0) is 53.5 Å². The normalized spacial score (nSPS) is 15.8. The van der Waals surface area contributed by atoms with E-state index in [1.165, 1.54) is 6.07 Å². The molecule has 0 aliphatic carbocycles. The summed E-state index contributed by atoms with van der Waals surface area (Å²) >= 11 is 3.11. The number of benzene rings is 1. The molecular formula is C14H19BrClFN2O. The van der Waals surface area contributed by atoms with Crippen molar-refractivity contribution in [1.29, 1.82) is 0 Å². The van der Waals surface area contributed by atoms with E-state index in [0.717, 1.165) is 31.5 Å². The fraction of sp³-hybridized carbons (Fsp3) is 0.500. The Balaban J connectivity index is 0.00000200. The van der Waals surface area contributed by atoms with E-state index in [0.29, 0.717) is 10.5 Å². The Hall–Kier alpha value is -0.650. The molecule has 1 aromatic rings. The third-order valence-corrected chi connectivity index (χ3v) is 4.24. The van der Waals surface area contributed by atoms with Gasteiger partial charge in [-0.15, -0.1) is 12.4 Å². The van der Waals surface area contributed by atoms with Crippen LogP contribution in [0.5, 0.6) is 0 Å². The van der Waals surface area contributed by atoms with Gasteiger partial charge in [-0.3, -0.25) is 4.79 Å². The second-order valence-corrected chi connectivity index (χ2v) is 5.72. The van der Waals surface area contributed by atoms with E-state index >= 15 is 0 Å². The lowest BCUT2D eigenvalue weighted by molar-refractivity contribution is -0.131. The number of halogens is 3. The van der Waals surface area contributed by atoms with Crippen LogP contribution in [0.1, 0.15) is 18.4 Å². The predicted molar refractivity (Wildman–Crippen MR) is 83.7 cm³/mol. The van der Waals surface area contributed by atoms with Crippen LogP contribution in [0, 0.1) is 5.82 Å². The number of carbonyl (C=O) groups is 1. The second-order valence-electron chi connectivity index (χ2n) is 4.87. The minimum atomic E-state index is -0.320. The lowest BCUT2D eigenvalue weighted by Crippen LogP contribution is -2.44. The van der Waals surface area contributed by atoms with Crippen molar-refractivity contribution >= 4 is 34.2 Å². The van der Waals surface area contributed by atoms with Crippen LogP contribution in [0.15, 0.2) is 22.7 Å². The molecule has 0 spiro atoms. The molecule has 1 aliphatic rings. The largest absolute Gasteiger partial charge is 0.342 e. The first-order valence-corrected chi connectivity index (χ1v) is 7.28. The van der Waals surface area contributed by atoms with Crippen molar-refractivity contribution in [2.75, 3.05) is 20.1 Å². The highest BCUT2D eigenvalue weighted by molar-refractivity contribution is 9.10. The molecule has 1 amide bonds. The van der Waals surface area contributed by atoms with E-state index in [2.05, 4.69) is 21.2 Å². The van der Waals surface area contributed by atoms with Crippen LogP contribution in [0.3, 0.4) is 0 Å². The Morgan fingerprint density at radius 1 is 1.45 bits per heavy atom. The summed E-state index contributed by atoms with van der Waals surface area (Å²) in [6.07, 6.45) is 2.24. The van der Waals surface area contributed by atoms with Crippen molar-refractivity contribution < 1.29 is 9.18 Å². The highest BCUT2D eigenvalue weighted by atomic mass is 79.9. The lowest BCUT2D eigenvalue weighted by atomic mass is 10.0. The van der Waals surface area contributed by atoms with Gasteiger partial charge >= 0.3 is 0 Å². The number of likely N-dealkylation sites (tertiary alicyclic amines) is 1. The molecule has 2 rings (SSSR count). The Morgan fingerprint density at radius 2 is 2.10 bits per heavy atom. The quantitative estimate of drug-likeness (QED) is 0.893. The first-order valence-electron chi connectivity index (χ1n) is 6.49. The molecule has 112 valence electrons. The highest BCUT2D eigenvalue weighted by Crippen LogP contribution is 2.18. The maximum atomic E-state index is 13.4. The number of nitrogens with zero attached hydrogens (tertiary/aromatic N) is 1. The SMILES string of the molecule is CNC1CCN(C(=O)Cc2ccc(Br)c(F)c2)CC1.Cl. The van der Waals surface area contributed by atoms with Gasteiger partial charge in [0.1, 0.15) is 5.82 Å². The van der Waals surface area contributed by atoms with Crippen LogP contribution < -0.4 is 5.32 Å². The fourth-order valence-corrected chi connectivity index (χ4v) is 2.60. The molecule has 20 heavy (non-hydrogen) atoms. The molecule has 0 saturated carbocycles. The van der Waals surface area contributed by atoms with Crippen molar-refractivity contribution in [1.82, 2.24) is 10.2 Å². The molecule has 3 nitrogen and oxygen atoms in total. The predicted octanol–water partition coefficient (Wildman–Crippen LogP) is 2.76. The van der Waals surface area contributed by atoms with Gasteiger partial charge in [-0.25, -0.2) is 4.39 Å². The molecule has 0 atom stereocenters. The van der Waals surface area contributed by atoms with E-state index in [-0.39, 0.29) is 30.6 Å². The number of carbonyl (C=O) groups excluding carboxylic acids is 1. The van der Waals surface area contributed by atoms with Gasteiger partial charge < -0.3 is 10.2 Å². The second kappa shape index (κ2) is 7.96. The lowest BCUT2D eigenvalue weighted by Gasteiger charge is -2.31. The Kier molecular flexibility index (Phi) is 6.92. The van der Waals surface area contributed by atoms with Gasteiger partial charge in [0.05, 0.1) is 10.9 Å². The van der Waals surface area contributed by atoms with Crippen LogP contribution in [0.4, 0.5) is 4.39 Å². The molecule has 1 aliphatic heterocycles. The molecular weight excluding hydrogens is 347 g/mol. The van der Waals surface area contributed by atoms with Gasteiger partial charge in [0.15, 0.2) is 0 Å². The molecule has 6 heteroatoms. The number of nitrogens with one attached hydrogen (secondary N) is 1. The topological polar surface area (TPSA) is 32.3 Å². The third kappa shape index (κ3) is 4.43. The van der Waals surface area contributed by atoms with Gasteiger partial charge in [-0.1, -0.05) is 6.07 Å². The molecule has 1 N–H and O–H groups in total. The summed E-state index contributed by atoms with van der Waals surface area (Å²) in [7, 11) is 1.95. The van der Waals surface area contributed by atoms with Crippen LogP contribution in [-0.2, 0) is 11.2 Å². The zero-order chi connectivity index (χ0) is 13.8. The first-order chi connectivity index (χ1) is 9.10. The smallest absolute Gasteiger partial charge is 0.226 e. The standard InChI is InChI=1S/C14H18BrFN2O.ClH/c1-17-11-4-6-18(7-5-11)14(19)9-10-2-3-12(15)13(16)8-10;/h2-3,8,11,17H,4-7,9H2,1H3;1H. The summed E-state index contributed by atoms with van der Waals surface area (Å²) in [5.74, 6) is -0.240. The van der Waals surface area contributed by atoms with E-state index < -0.39 is 0 Å². The minimum Gasteiger partial charge on any atom is -0.342 e. The summed E-state index contributed by atoms with van der Waals surface area (Å²) in [6.45, 7) is 1.56. The van der Waals surface area contributed by atoms with Crippen LogP contribution in [-0.4, -0.2) is 37.0 Å². The van der Waals surface area contributed by atoms with Crippen molar-refractivity contribution in [3.8, 4) is 0 Å². The molecule has 1 saturated heterocycles. The van der Waals surface area contributed by atoms with Crippen LogP contribution in [0.2, 0.25) is 0 Å². The molecule has 0 radical (unpaired) electrons. The first kappa shape index (κ1) is 17.4. The summed E-state index contributed by atoms with van der Waals surface area (Å²) in [5, 5.41) is 3.23. The minimum absolute atomic E-state index is 0. The van der Waals surface area contributed by atoms with Crippen molar-refractivity contribution in [2.24, 2.45) is 0 Å². The summed E-state index contributed by atoms with van der Waals surface area (Å²) in [4.78, 5) is 14.0. The zero-order valence-corrected chi connectivity index (χ0v) is 13.8. The Bertz CT molecular complexity index is 464. The zero-order valence-electron chi connectivity index (χ0n) is 11.4. The third-order valence-electron chi connectivity index (χ3n) is 3.60. The average Bonchev–Trinajstić information content (AvgIpc) is 2.43. The van der Waals surface area contributed by atoms with Gasteiger partial charge in [0, 0.05) is 19.1 Å². The molecule has 0 bridgehead atoms. The Morgan fingerprint density at radius 3 is 2.65 bits per heavy atom. The number of hydrogen-bond acceptors (Lipinski definition) is 2. The number of rotatable bonds is 3. The van der Waals surface area contributed by atoms with Gasteiger partial charge in [0.25, 0.3) is 0 Å². The van der Waals surface area contributed by atoms with Crippen molar-refractivity contribution in [2.45, 2.75) is 25.3 Å². The summed E-state index contributed by atoms with van der Waals surface area (Å²) in [6, 6.07) is 5.35. The number of amides is 1. The van der Waals surface area contributed by atoms with E-state index in [1.54, 1.807) is 12.1 Å². The fourth-order valence-electron chi connectivity index (χ4n) is 2.35. The Labute approximate surface area is 133 Å². The maximum absolute atomic E-state index is 13.4. The number of piperidine rings is 1. The van der Waals surface area contributed by atoms with Gasteiger partial charge in [-0.2, -0.15) is 0 Å². The van der Waals surface area contributed by atoms with Crippen molar-refractivity contribution in [3.05, 3.63) is 34.1 Å². The molecule has 1 heterocycles. The van der Waals surface area contributed by atoms with E-state index in [9.17, 15) is 9.18 Å². The summed E-state index contributed by atoms with van der Waals surface area (Å²) in [5.41, 5.74) is 0.724. The molecule has 1 aromatic carbocycles. The van der Waals surface area contributed by atoms with Crippen LogP contribution in [0.25, 0.3) is 0 Å². The average molecular weight is 366 g/mol. The van der Waals surface area contributed by atoms with E-state index in [4.69, 9.17) is 0 Å². The summed E-state index contributed by atoms with van der Waals surface area (Å²) < 4.78 is 13.8. The number of hydrogen-bond donors (Lipinski definition) is 1. The molecule has 0 unspecified atom stereocenters. The maximum Gasteiger partial charge on any atom is 0.226 e. The molecule has 0 aromatic heterocycles. The monoisotopic (exact) mass is 364 g/mol. The van der Waals surface area contributed by atoms with E-state index in [1.807, 2.05) is 11.9 Å². The highest BCUT2D eigenvalue weighted by Gasteiger charge is 2.21. The van der Waals surface area contributed by atoms with Gasteiger partial charge in [0.2, 0.25) is 5.91 Å².